The van der Waals surface area contributed by atoms with Gasteiger partial charge in [0.1, 0.15) is 5.82 Å². The normalized spacial score (nSPS) is 13.8. The minimum Gasteiger partial charge on any atom is -0.324 e. The molecule has 1 rings (SSSR count). The molecule has 0 aliphatic rings. The van der Waals surface area contributed by atoms with E-state index in [1.165, 1.54) is 6.07 Å². The third-order valence-electron chi connectivity index (χ3n) is 2.30. The minimum absolute atomic E-state index is 0.365. The molecular formula is C10H15FN2O2S. The fourth-order valence-corrected chi connectivity index (χ4v) is 2.21. The lowest BCUT2D eigenvalue weighted by atomic mass is 10.0. The van der Waals surface area contributed by atoms with E-state index in [4.69, 9.17) is 10.9 Å². The lowest BCUT2D eigenvalue weighted by molar-refractivity contribution is 0.588. The van der Waals surface area contributed by atoms with Crippen LogP contribution in [0.3, 0.4) is 0 Å². The predicted molar refractivity (Wildman–Crippen MR) is 60.6 cm³/mol. The van der Waals surface area contributed by atoms with Crippen LogP contribution in [-0.2, 0) is 15.8 Å². The summed E-state index contributed by atoms with van der Waals surface area (Å²) in [6, 6.07) is 2.31. The summed E-state index contributed by atoms with van der Waals surface area (Å²) in [6.07, 6.45) is 0. The number of rotatable bonds is 3. The largest absolute Gasteiger partial charge is 0.324 e. The van der Waals surface area contributed by atoms with E-state index in [1.54, 1.807) is 19.9 Å². The SMILES string of the molecule is Cc1cc(C(C)N)c(F)cc1CS(N)(=O)=O. The predicted octanol–water partition coefficient (Wildman–Crippen LogP) is 0.942. The number of aryl methyl sites for hydroxylation is 1. The van der Waals surface area contributed by atoms with E-state index in [1.807, 2.05) is 0 Å². The molecule has 0 bridgehead atoms. The van der Waals surface area contributed by atoms with Gasteiger partial charge in [-0.05, 0) is 31.0 Å². The Labute approximate surface area is 94.5 Å². The third kappa shape index (κ3) is 3.26. The second kappa shape index (κ2) is 4.48. The Hall–Kier alpha value is -0.980. The van der Waals surface area contributed by atoms with Crippen molar-refractivity contribution in [3.63, 3.8) is 0 Å². The van der Waals surface area contributed by atoms with Gasteiger partial charge in [-0.1, -0.05) is 6.07 Å². The van der Waals surface area contributed by atoms with Crippen LogP contribution in [0.25, 0.3) is 0 Å². The van der Waals surface area contributed by atoms with Gasteiger partial charge in [0, 0.05) is 11.6 Å². The minimum atomic E-state index is -3.65. The Kier molecular flexibility index (Phi) is 3.67. The first kappa shape index (κ1) is 13.1. The van der Waals surface area contributed by atoms with Gasteiger partial charge < -0.3 is 5.73 Å². The average Bonchev–Trinajstić information content (AvgIpc) is 2.07. The highest BCUT2D eigenvalue weighted by Crippen LogP contribution is 2.21. The maximum atomic E-state index is 13.5. The summed E-state index contributed by atoms with van der Waals surface area (Å²) < 4.78 is 35.4. The summed E-state index contributed by atoms with van der Waals surface area (Å²) >= 11 is 0. The molecule has 1 aromatic rings. The highest BCUT2D eigenvalue weighted by molar-refractivity contribution is 7.88. The van der Waals surface area contributed by atoms with Gasteiger partial charge in [0.05, 0.1) is 5.75 Å². The second-order valence-corrected chi connectivity index (χ2v) is 5.51. The van der Waals surface area contributed by atoms with E-state index < -0.39 is 21.9 Å². The molecule has 0 aromatic heterocycles. The zero-order valence-electron chi connectivity index (χ0n) is 9.20. The summed E-state index contributed by atoms with van der Waals surface area (Å²) in [6.45, 7) is 3.36. The van der Waals surface area contributed by atoms with E-state index in [0.717, 1.165) is 0 Å². The first-order valence-electron chi connectivity index (χ1n) is 4.75. The van der Waals surface area contributed by atoms with Gasteiger partial charge in [0.15, 0.2) is 0 Å². The van der Waals surface area contributed by atoms with Crippen LogP contribution in [-0.4, -0.2) is 8.42 Å². The van der Waals surface area contributed by atoms with Crippen molar-refractivity contribution >= 4 is 10.0 Å². The molecule has 0 heterocycles. The summed E-state index contributed by atoms with van der Waals surface area (Å²) in [5.41, 5.74) is 6.98. The topological polar surface area (TPSA) is 86.2 Å². The molecule has 16 heavy (non-hydrogen) atoms. The summed E-state index contributed by atoms with van der Waals surface area (Å²) in [5.74, 6) is -0.867. The maximum absolute atomic E-state index is 13.5. The molecule has 0 saturated heterocycles. The van der Waals surface area contributed by atoms with Crippen molar-refractivity contribution in [3.8, 4) is 0 Å². The van der Waals surface area contributed by atoms with Crippen molar-refractivity contribution in [1.29, 1.82) is 0 Å². The summed E-state index contributed by atoms with van der Waals surface area (Å²) in [7, 11) is -3.65. The van der Waals surface area contributed by atoms with Crippen LogP contribution in [0.15, 0.2) is 12.1 Å². The van der Waals surface area contributed by atoms with Crippen LogP contribution in [0.2, 0.25) is 0 Å². The van der Waals surface area contributed by atoms with Crippen molar-refractivity contribution in [2.45, 2.75) is 25.6 Å². The number of hydrogen-bond acceptors (Lipinski definition) is 3. The molecule has 0 fully saturated rings. The van der Waals surface area contributed by atoms with E-state index in [2.05, 4.69) is 0 Å². The van der Waals surface area contributed by atoms with E-state index in [9.17, 15) is 12.8 Å². The first-order valence-corrected chi connectivity index (χ1v) is 6.47. The van der Waals surface area contributed by atoms with Gasteiger partial charge >= 0.3 is 0 Å². The number of primary sulfonamides is 1. The lowest BCUT2D eigenvalue weighted by Crippen LogP contribution is -2.16. The van der Waals surface area contributed by atoms with Crippen LogP contribution >= 0.6 is 0 Å². The zero-order valence-corrected chi connectivity index (χ0v) is 10.0. The Morgan fingerprint density at radius 3 is 2.44 bits per heavy atom. The van der Waals surface area contributed by atoms with E-state index >= 15 is 0 Å². The molecule has 4 nitrogen and oxygen atoms in total. The van der Waals surface area contributed by atoms with Crippen LogP contribution in [0.1, 0.15) is 29.7 Å². The molecule has 90 valence electrons. The van der Waals surface area contributed by atoms with E-state index in [-0.39, 0.29) is 5.75 Å². The van der Waals surface area contributed by atoms with Gasteiger partial charge in [-0.2, -0.15) is 0 Å². The van der Waals surface area contributed by atoms with Crippen LogP contribution in [0.5, 0.6) is 0 Å². The molecule has 1 atom stereocenters. The molecule has 0 aliphatic heterocycles. The Bertz CT molecular complexity index is 498. The highest BCUT2D eigenvalue weighted by Gasteiger charge is 2.13. The standard InChI is InChI=1S/C10H15FN2O2S/c1-6-3-9(7(2)12)10(11)4-8(6)5-16(13,14)15/h3-4,7H,5,12H2,1-2H3,(H2,13,14,15). The Morgan fingerprint density at radius 2 is 2.00 bits per heavy atom. The van der Waals surface area contributed by atoms with Gasteiger partial charge in [-0.25, -0.2) is 17.9 Å². The number of benzene rings is 1. The summed E-state index contributed by atoms with van der Waals surface area (Å²) in [4.78, 5) is 0. The lowest BCUT2D eigenvalue weighted by Gasteiger charge is -2.11. The number of hydrogen-bond donors (Lipinski definition) is 2. The molecule has 0 amide bonds. The average molecular weight is 246 g/mol. The van der Waals surface area contributed by atoms with E-state index in [0.29, 0.717) is 16.7 Å². The molecular weight excluding hydrogens is 231 g/mol. The molecule has 0 saturated carbocycles. The molecule has 0 aliphatic carbocycles. The molecule has 0 spiro atoms. The Balaban J connectivity index is 3.21. The van der Waals surface area contributed by atoms with Gasteiger partial charge in [0.2, 0.25) is 10.0 Å². The van der Waals surface area contributed by atoms with Crippen LogP contribution in [0.4, 0.5) is 4.39 Å². The number of halogens is 1. The first-order chi connectivity index (χ1) is 7.20. The van der Waals surface area contributed by atoms with Crippen LogP contribution < -0.4 is 10.9 Å². The fraction of sp³-hybridized carbons (Fsp3) is 0.400. The number of sulfonamides is 1. The quantitative estimate of drug-likeness (QED) is 0.832. The van der Waals surface area contributed by atoms with Crippen LogP contribution in [0, 0.1) is 12.7 Å². The zero-order chi connectivity index (χ0) is 12.5. The van der Waals surface area contributed by atoms with Crippen molar-refractivity contribution in [1.82, 2.24) is 0 Å². The maximum Gasteiger partial charge on any atom is 0.213 e. The molecule has 0 radical (unpaired) electrons. The van der Waals surface area contributed by atoms with Crippen molar-refractivity contribution in [2.24, 2.45) is 10.9 Å². The summed E-state index contributed by atoms with van der Waals surface area (Å²) in [5, 5.41) is 4.91. The monoisotopic (exact) mass is 246 g/mol. The second-order valence-electron chi connectivity index (χ2n) is 3.90. The number of nitrogens with two attached hydrogens (primary N) is 2. The molecule has 4 N–H and O–H groups in total. The van der Waals surface area contributed by atoms with Crippen molar-refractivity contribution in [2.75, 3.05) is 0 Å². The molecule has 1 aromatic carbocycles. The molecule has 1 unspecified atom stereocenters. The van der Waals surface area contributed by atoms with Crippen molar-refractivity contribution in [3.05, 3.63) is 34.6 Å². The fourth-order valence-electron chi connectivity index (χ4n) is 1.47. The van der Waals surface area contributed by atoms with Gasteiger partial charge in [0.25, 0.3) is 0 Å². The van der Waals surface area contributed by atoms with Crippen molar-refractivity contribution < 1.29 is 12.8 Å². The highest BCUT2D eigenvalue weighted by atomic mass is 32.2. The van der Waals surface area contributed by atoms with Gasteiger partial charge in [-0.15, -0.1) is 0 Å². The Morgan fingerprint density at radius 1 is 1.44 bits per heavy atom. The smallest absolute Gasteiger partial charge is 0.213 e. The molecule has 6 heteroatoms. The van der Waals surface area contributed by atoms with Gasteiger partial charge in [-0.3, -0.25) is 0 Å². The third-order valence-corrected chi connectivity index (χ3v) is 3.02.